The number of furan rings is 1. The summed E-state index contributed by atoms with van der Waals surface area (Å²) in [4.78, 5) is 12.6. The first kappa shape index (κ1) is 12.4. The van der Waals surface area contributed by atoms with Crippen LogP contribution in [0.1, 0.15) is 27.2 Å². The Bertz CT molecular complexity index is 799. The van der Waals surface area contributed by atoms with Crippen molar-refractivity contribution in [1.29, 1.82) is 0 Å². The molecule has 4 rings (SSSR count). The monoisotopic (exact) mass is 277 g/mol. The molecule has 2 aromatic carbocycles. The molecule has 0 saturated heterocycles. The minimum absolute atomic E-state index is 0.0560. The molecule has 0 amide bonds. The van der Waals surface area contributed by atoms with Crippen LogP contribution >= 0.6 is 0 Å². The van der Waals surface area contributed by atoms with E-state index in [0.29, 0.717) is 11.3 Å². The first-order valence-electron chi connectivity index (χ1n) is 7.17. The summed E-state index contributed by atoms with van der Waals surface area (Å²) in [5, 5.41) is 4.29. The number of benzene rings is 2. The van der Waals surface area contributed by atoms with E-state index in [1.165, 1.54) is 11.1 Å². The molecule has 21 heavy (non-hydrogen) atoms. The van der Waals surface area contributed by atoms with E-state index >= 15 is 0 Å². The van der Waals surface area contributed by atoms with E-state index in [-0.39, 0.29) is 5.78 Å². The average molecular weight is 277 g/mol. The minimum Gasteiger partial charge on any atom is -0.453 e. The van der Waals surface area contributed by atoms with E-state index in [9.17, 15) is 4.79 Å². The number of fused-ring (bicyclic) bond motifs is 2. The van der Waals surface area contributed by atoms with Crippen LogP contribution < -0.4 is 5.32 Å². The average Bonchev–Trinajstić information content (AvgIpc) is 2.97. The summed E-state index contributed by atoms with van der Waals surface area (Å²) in [6.45, 7) is 1.83. The summed E-state index contributed by atoms with van der Waals surface area (Å²) in [5.41, 5.74) is 3.98. The lowest BCUT2D eigenvalue weighted by molar-refractivity contribution is 0.101. The lowest BCUT2D eigenvalue weighted by Crippen LogP contribution is -2.23. The maximum atomic E-state index is 12.6. The van der Waals surface area contributed by atoms with Crippen LogP contribution in [0.4, 0.5) is 0 Å². The molecule has 0 fully saturated rings. The molecular formula is C18H15NO2. The lowest BCUT2D eigenvalue weighted by Gasteiger charge is -2.17. The number of para-hydroxylation sites is 1. The van der Waals surface area contributed by atoms with E-state index < -0.39 is 0 Å². The van der Waals surface area contributed by atoms with Crippen molar-refractivity contribution in [3.05, 3.63) is 71.0 Å². The normalized spacial score (nSPS) is 14.1. The third-order valence-corrected chi connectivity index (χ3v) is 4.00. The fourth-order valence-electron chi connectivity index (χ4n) is 2.86. The summed E-state index contributed by atoms with van der Waals surface area (Å²) in [5.74, 6) is 0.347. The van der Waals surface area contributed by atoms with Crippen LogP contribution in [0.2, 0.25) is 0 Å². The molecule has 1 aromatic heterocycles. The quantitative estimate of drug-likeness (QED) is 0.731. The maximum Gasteiger partial charge on any atom is 0.228 e. The molecule has 1 aliphatic heterocycles. The molecule has 3 nitrogen and oxygen atoms in total. The van der Waals surface area contributed by atoms with Gasteiger partial charge in [0.15, 0.2) is 5.76 Å². The maximum absolute atomic E-state index is 12.6. The predicted octanol–water partition coefficient (Wildman–Crippen LogP) is 3.31. The SMILES string of the molecule is O=C(c1ccc2c(c1)CNCC2)c1cc2ccccc2o1. The zero-order valence-electron chi connectivity index (χ0n) is 11.6. The molecular weight excluding hydrogens is 262 g/mol. The second-order valence-electron chi connectivity index (χ2n) is 5.39. The van der Waals surface area contributed by atoms with Gasteiger partial charge < -0.3 is 9.73 Å². The van der Waals surface area contributed by atoms with Gasteiger partial charge in [0, 0.05) is 17.5 Å². The Morgan fingerprint density at radius 3 is 2.86 bits per heavy atom. The summed E-state index contributed by atoms with van der Waals surface area (Å²) in [6.07, 6.45) is 1.02. The van der Waals surface area contributed by atoms with Crippen molar-refractivity contribution in [2.75, 3.05) is 6.54 Å². The number of carbonyl (C=O) groups is 1. The Hall–Kier alpha value is -2.39. The van der Waals surface area contributed by atoms with Crippen molar-refractivity contribution < 1.29 is 9.21 Å². The van der Waals surface area contributed by atoms with Crippen LogP contribution in [0.25, 0.3) is 11.0 Å². The second-order valence-corrected chi connectivity index (χ2v) is 5.39. The van der Waals surface area contributed by atoms with Crippen molar-refractivity contribution in [3.8, 4) is 0 Å². The van der Waals surface area contributed by atoms with Gasteiger partial charge in [-0.05, 0) is 42.3 Å². The highest BCUT2D eigenvalue weighted by atomic mass is 16.3. The van der Waals surface area contributed by atoms with Gasteiger partial charge in [0.25, 0.3) is 0 Å². The van der Waals surface area contributed by atoms with E-state index in [1.807, 2.05) is 42.5 Å². The number of nitrogens with one attached hydrogen (secondary N) is 1. The van der Waals surface area contributed by atoms with Crippen LogP contribution in [0, 0.1) is 0 Å². The topological polar surface area (TPSA) is 42.2 Å². The first-order valence-corrected chi connectivity index (χ1v) is 7.17. The smallest absolute Gasteiger partial charge is 0.228 e. The fourth-order valence-corrected chi connectivity index (χ4v) is 2.86. The van der Waals surface area contributed by atoms with E-state index in [0.717, 1.165) is 30.5 Å². The molecule has 1 N–H and O–H groups in total. The zero-order chi connectivity index (χ0) is 14.2. The van der Waals surface area contributed by atoms with Crippen molar-refractivity contribution in [3.63, 3.8) is 0 Å². The molecule has 0 atom stereocenters. The van der Waals surface area contributed by atoms with Crippen molar-refractivity contribution in [2.24, 2.45) is 0 Å². The molecule has 1 aliphatic rings. The predicted molar refractivity (Wildman–Crippen MR) is 81.5 cm³/mol. The number of hydrogen-bond donors (Lipinski definition) is 1. The third kappa shape index (κ3) is 2.16. The van der Waals surface area contributed by atoms with Gasteiger partial charge in [-0.2, -0.15) is 0 Å². The number of hydrogen-bond acceptors (Lipinski definition) is 3. The first-order chi connectivity index (χ1) is 10.3. The summed E-state index contributed by atoms with van der Waals surface area (Å²) < 4.78 is 5.66. The second kappa shape index (κ2) is 4.86. The Kier molecular flexibility index (Phi) is 2.86. The lowest BCUT2D eigenvalue weighted by atomic mass is 9.96. The Labute approximate surface area is 122 Å². The van der Waals surface area contributed by atoms with Gasteiger partial charge in [0.05, 0.1) is 0 Å². The van der Waals surface area contributed by atoms with E-state index in [1.54, 1.807) is 0 Å². The summed E-state index contributed by atoms with van der Waals surface area (Å²) >= 11 is 0. The van der Waals surface area contributed by atoms with Crippen molar-refractivity contribution >= 4 is 16.8 Å². The Morgan fingerprint density at radius 2 is 1.95 bits per heavy atom. The largest absolute Gasteiger partial charge is 0.453 e. The van der Waals surface area contributed by atoms with Crippen molar-refractivity contribution in [2.45, 2.75) is 13.0 Å². The number of ketones is 1. The van der Waals surface area contributed by atoms with Gasteiger partial charge in [0.2, 0.25) is 5.78 Å². The van der Waals surface area contributed by atoms with E-state index in [4.69, 9.17) is 4.42 Å². The highest BCUT2D eigenvalue weighted by Gasteiger charge is 2.17. The van der Waals surface area contributed by atoms with Gasteiger partial charge in [0.1, 0.15) is 5.58 Å². The van der Waals surface area contributed by atoms with Crippen molar-refractivity contribution in [1.82, 2.24) is 5.32 Å². The summed E-state index contributed by atoms with van der Waals surface area (Å²) in [7, 11) is 0. The molecule has 2 heterocycles. The minimum atomic E-state index is -0.0560. The van der Waals surface area contributed by atoms with Crippen LogP contribution in [-0.4, -0.2) is 12.3 Å². The molecule has 104 valence electrons. The molecule has 0 saturated carbocycles. The molecule has 0 unspecified atom stereocenters. The third-order valence-electron chi connectivity index (χ3n) is 4.00. The van der Waals surface area contributed by atoms with Crippen LogP contribution in [0.3, 0.4) is 0 Å². The molecule has 0 bridgehead atoms. The van der Waals surface area contributed by atoms with E-state index in [2.05, 4.69) is 11.4 Å². The standard InChI is InChI=1S/C18H15NO2/c20-18(17-10-13-3-1-2-4-16(13)21-17)14-6-5-12-7-8-19-11-15(12)9-14/h1-6,9-10,19H,7-8,11H2. The summed E-state index contributed by atoms with van der Waals surface area (Å²) in [6, 6.07) is 15.4. The zero-order valence-corrected chi connectivity index (χ0v) is 11.6. The molecule has 3 aromatic rings. The molecule has 0 radical (unpaired) electrons. The Morgan fingerprint density at radius 1 is 1.05 bits per heavy atom. The van der Waals surface area contributed by atoms with Gasteiger partial charge in [-0.15, -0.1) is 0 Å². The highest BCUT2D eigenvalue weighted by Crippen LogP contribution is 2.23. The van der Waals surface area contributed by atoms with Gasteiger partial charge in [-0.25, -0.2) is 0 Å². The van der Waals surface area contributed by atoms with Gasteiger partial charge >= 0.3 is 0 Å². The van der Waals surface area contributed by atoms with Crippen LogP contribution in [0.15, 0.2) is 52.9 Å². The fraction of sp³-hybridized carbons (Fsp3) is 0.167. The number of rotatable bonds is 2. The molecule has 0 aliphatic carbocycles. The molecule has 3 heteroatoms. The molecule has 0 spiro atoms. The van der Waals surface area contributed by atoms with Crippen LogP contribution in [-0.2, 0) is 13.0 Å². The van der Waals surface area contributed by atoms with Gasteiger partial charge in [-0.1, -0.05) is 30.3 Å². The Balaban J connectivity index is 1.73. The highest BCUT2D eigenvalue weighted by molar-refractivity contribution is 6.09. The van der Waals surface area contributed by atoms with Crippen LogP contribution in [0.5, 0.6) is 0 Å². The number of carbonyl (C=O) groups excluding carboxylic acids is 1. The van der Waals surface area contributed by atoms with Gasteiger partial charge in [-0.3, -0.25) is 4.79 Å².